The first-order chi connectivity index (χ1) is 19.2. The first-order valence-corrected chi connectivity index (χ1v) is 13.1. The lowest BCUT2D eigenvalue weighted by atomic mass is 10.0. The molecule has 1 aliphatic heterocycles. The van der Waals surface area contributed by atoms with Crippen LogP contribution in [-0.4, -0.2) is 76.5 Å². The van der Waals surface area contributed by atoms with Gasteiger partial charge >= 0.3 is 0 Å². The van der Waals surface area contributed by atoms with Gasteiger partial charge in [-0.2, -0.15) is 0 Å². The summed E-state index contributed by atoms with van der Waals surface area (Å²) in [6.07, 6.45) is 4.72. The maximum Gasteiger partial charge on any atom is 0.266 e. The molecule has 3 amide bonds. The number of hydrogen-bond acceptors (Lipinski definition) is 7. The van der Waals surface area contributed by atoms with Crippen molar-refractivity contribution in [2.24, 2.45) is 5.92 Å². The van der Waals surface area contributed by atoms with E-state index in [2.05, 4.69) is 20.6 Å². The number of halogens is 1. The smallest absolute Gasteiger partial charge is 0.266 e. The predicted octanol–water partition coefficient (Wildman–Crippen LogP) is 1.69. The predicted molar refractivity (Wildman–Crippen MR) is 147 cm³/mol. The minimum absolute atomic E-state index is 0.00352. The third-order valence-electron chi connectivity index (χ3n) is 6.40. The van der Waals surface area contributed by atoms with Gasteiger partial charge in [-0.3, -0.25) is 19.2 Å². The highest BCUT2D eigenvalue weighted by atomic mass is 35.5. The average Bonchev–Trinajstić information content (AvgIpc) is 3.40. The lowest BCUT2D eigenvalue weighted by Gasteiger charge is -2.26. The van der Waals surface area contributed by atoms with Crippen LogP contribution in [0, 0.1) is 5.92 Å². The van der Waals surface area contributed by atoms with Gasteiger partial charge in [0.1, 0.15) is 23.5 Å². The molecule has 1 aliphatic rings. The van der Waals surface area contributed by atoms with E-state index in [0.29, 0.717) is 30.4 Å². The zero-order valence-corrected chi connectivity index (χ0v) is 23.2. The molecule has 40 heavy (non-hydrogen) atoms. The van der Waals surface area contributed by atoms with Crippen LogP contribution < -0.4 is 25.7 Å². The summed E-state index contributed by atoms with van der Waals surface area (Å²) in [6.45, 7) is 4.05. The zero-order chi connectivity index (χ0) is 28.8. The number of aromatic amines is 1. The molecule has 2 aromatic heterocycles. The molecule has 3 N–H and O–H groups in total. The van der Waals surface area contributed by atoms with Gasteiger partial charge in [0.05, 0.1) is 25.8 Å². The fraction of sp³-hybridized carbons (Fsp3) is 0.370. The normalized spacial score (nSPS) is 16.8. The number of rotatable bonds is 3. The number of hydrogen-bond donors (Lipinski definition) is 3. The van der Waals surface area contributed by atoms with Gasteiger partial charge in [-0.05, 0) is 30.2 Å². The number of fused-ring (bicyclic) bond motifs is 4. The van der Waals surface area contributed by atoms with E-state index in [4.69, 9.17) is 21.1 Å². The summed E-state index contributed by atoms with van der Waals surface area (Å²) in [5.74, 6) is -0.0528. The average molecular weight is 571 g/mol. The molecule has 0 unspecified atom stereocenters. The summed E-state index contributed by atoms with van der Waals surface area (Å²) in [6, 6.07) is 5.81. The summed E-state index contributed by atoms with van der Waals surface area (Å²) in [5.41, 5.74) is 0.318. The molecule has 1 atom stereocenters. The standard InChI is InChI=1S/C27H31ClN6O6/c1-16(2)23-26(37)30-7-9-33-8-6-29-24(33)17-4-5-20(39-3)21(13-17)40-11-10-34(15-22(35)32-23)27(38)18-12-19(28)25(36)31-14-18/h4-6,8,12-14,16,23H,7,9-11,15H2,1-3H3,(H,30,37)(H,31,36)(H,32,35)/t23-/m1/s1. The SMILES string of the molecule is COc1ccc2cc1OCCN(C(=O)c1c[nH]c(=O)c(Cl)c1)CC(=O)N[C@H](C(C)C)C(=O)NCCn1ccnc1-2. The van der Waals surface area contributed by atoms with Crippen molar-refractivity contribution in [2.45, 2.75) is 26.4 Å². The Labute approximate surface area is 235 Å². The second-order valence-electron chi connectivity index (χ2n) is 9.53. The van der Waals surface area contributed by atoms with E-state index in [1.54, 1.807) is 18.3 Å². The summed E-state index contributed by atoms with van der Waals surface area (Å²) in [7, 11) is 1.52. The lowest BCUT2D eigenvalue weighted by molar-refractivity contribution is -0.130. The van der Waals surface area contributed by atoms with Crippen LogP contribution in [0.25, 0.3) is 11.4 Å². The van der Waals surface area contributed by atoms with Crippen molar-refractivity contribution in [3.8, 4) is 22.9 Å². The topological polar surface area (TPSA) is 148 Å². The monoisotopic (exact) mass is 570 g/mol. The van der Waals surface area contributed by atoms with Gasteiger partial charge in [-0.25, -0.2) is 4.98 Å². The number of carbonyl (C=O) groups excluding carboxylic acids is 3. The van der Waals surface area contributed by atoms with Crippen molar-refractivity contribution >= 4 is 29.3 Å². The van der Waals surface area contributed by atoms with Gasteiger partial charge < -0.3 is 34.6 Å². The molecule has 2 bridgehead atoms. The second-order valence-corrected chi connectivity index (χ2v) is 9.94. The van der Waals surface area contributed by atoms with Gasteiger partial charge in [0, 0.05) is 37.2 Å². The summed E-state index contributed by atoms with van der Waals surface area (Å²) >= 11 is 5.93. The quantitative estimate of drug-likeness (QED) is 0.434. The van der Waals surface area contributed by atoms with Gasteiger partial charge in [0.2, 0.25) is 11.8 Å². The van der Waals surface area contributed by atoms with Crippen LogP contribution in [0.3, 0.4) is 0 Å². The van der Waals surface area contributed by atoms with Gasteiger partial charge in [-0.1, -0.05) is 25.4 Å². The maximum absolute atomic E-state index is 13.4. The van der Waals surface area contributed by atoms with Crippen LogP contribution in [0.5, 0.6) is 11.5 Å². The Bertz CT molecular complexity index is 1450. The fourth-order valence-electron chi connectivity index (χ4n) is 4.30. The third kappa shape index (κ3) is 6.63. The molecule has 1 aromatic carbocycles. The van der Waals surface area contributed by atoms with E-state index in [0.717, 1.165) is 5.56 Å². The van der Waals surface area contributed by atoms with E-state index < -0.39 is 23.4 Å². The Kier molecular flexibility index (Phi) is 9.10. The Hall–Kier alpha value is -4.32. The number of aromatic nitrogens is 3. The molecule has 0 radical (unpaired) electrons. The summed E-state index contributed by atoms with van der Waals surface area (Å²) in [4.78, 5) is 59.3. The Morgan fingerprint density at radius 2 is 2.00 bits per heavy atom. The van der Waals surface area contributed by atoms with Crippen molar-refractivity contribution in [1.82, 2.24) is 30.1 Å². The molecule has 212 valence electrons. The highest BCUT2D eigenvalue weighted by molar-refractivity contribution is 6.30. The number of ether oxygens (including phenoxy) is 2. The molecule has 0 saturated carbocycles. The first-order valence-electron chi connectivity index (χ1n) is 12.7. The number of methoxy groups -OCH3 is 1. The molecule has 13 heteroatoms. The molecule has 3 heterocycles. The van der Waals surface area contributed by atoms with Crippen LogP contribution in [-0.2, 0) is 16.1 Å². The van der Waals surface area contributed by atoms with Crippen LogP contribution >= 0.6 is 11.6 Å². The molecule has 0 aliphatic carbocycles. The first kappa shape index (κ1) is 28.7. The largest absolute Gasteiger partial charge is 0.493 e. The Balaban J connectivity index is 1.68. The molecule has 12 nitrogen and oxygen atoms in total. The van der Waals surface area contributed by atoms with E-state index in [9.17, 15) is 19.2 Å². The van der Waals surface area contributed by atoms with Gasteiger partial charge in [0.15, 0.2) is 11.5 Å². The molecule has 0 saturated heterocycles. The van der Waals surface area contributed by atoms with E-state index in [1.165, 1.54) is 24.3 Å². The molecule has 4 rings (SSSR count). The number of nitrogens with zero attached hydrogens (tertiary/aromatic N) is 3. The van der Waals surface area contributed by atoms with Crippen molar-refractivity contribution in [3.05, 3.63) is 63.8 Å². The van der Waals surface area contributed by atoms with E-state index in [1.807, 2.05) is 30.7 Å². The highest BCUT2D eigenvalue weighted by Gasteiger charge is 2.27. The molecular formula is C27H31ClN6O6. The van der Waals surface area contributed by atoms with Crippen molar-refractivity contribution in [3.63, 3.8) is 0 Å². The Morgan fingerprint density at radius 3 is 2.73 bits per heavy atom. The number of amides is 3. The number of pyridine rings is 1. The second kappa shape index (κ2) is 12.7. The molecule has 0 fully saturated rings. The number of imidazole rings is 1. The molecule has 3 aromatic rings. The zero-order valence-electron chi connectivity index (χ0n) is 22.4. The molecule has 0 spiro atoms. The van der Waals surface area contributed by atoms with Crippen molar-refractivity contribution in [2.75, 3.05) is 33.4 Å². The van der Waals surface area contributed by atoms with Gasteiger partial charge in [0.25, 0.3) is 11.5 Å². The van der Waals surface area contributed by atoms with Crippen LogP contribution in [0.1, 0.15) is 24.2 Å². The highest BCUT2D eigenvalue weighted by Crippen LogP contribution is 2.32. The van der Waals surface area contributed by atoms with E-state index >= 15 is 0 Å². The summed E-state index contributed by atoms with van der Waals surface area (Å²) in [5, 5.41) is 5.47. The lowest BCUT2D eigenvalue weighted by Crippen LogP contribution is -2.53. The number of H-pyrrole nitrogens is 1. The van der Waals surface area contributed by atoms with E-state index in [-0.39, 0.29) is 42.1 Å². The minimum Gasteiger partial charge on any atom is -0.493 e. The Morgan fingerprint density at radius 1 is 1.20 bits per heavy atom. The maximum atomic E-state index is 13.4. The van der Waals surface area contributed by atoms with Crippen molar-refractivity contribution < 1.29 is 23.9 Å². The number of nitrogens with one attached hydrogen (secondary N) is 3. The number of carbonyl (C=O) groups is 3. The summed E-state index contributed by atoms with van der Waals surface area (Å²) < 4.78 is 13.4. The number of benzene rings is 1. The third-order valence-corrected chi connectivity index (χ3v) is 6.68. The van der Waals surface area contributed by atoms with Crippen molar-refractivity contribution in [1.29, 1.82) is 0 Å². The van der Waals surface area contributed by atoms with Crippen LogP contribution in [0.15, 0.2) is 47.7 Å². The van der Waals surface area contributed by atoms with Crippen LogP contribution in [0.2, 0.25) is 5.02 Å². The molecular weight excluding hydrogens is 540 g/mol. The fourth-order valence-corrected chi connectivity index (χ4v) is 4.47. The van der Waals surface area contributed by atoms with Crippen LogP contribution in [0.4, 0.5) is 0 Å². The minimum atomic E-state index is -0.819. The van der Waals surface area contributed by atoms with Gasteiger partial charge in [-0.15, -0.1) is 0 Å².